The predicted octanol–water partition coefficient (Wildman–Crippen LogP) is 2.55. The SMILES string of the molecule is CSCC(C)(O)CNCC(O)c1ccc(C(C)C)cc1. The van der Waals surface area contributed by atoms with E-state index >= 15 is 0 Å². The van der Waals surface area contributed by atoms with Gasteiger partial charge in [-0.3, -0.25) is 0 Å². The van der Waals surface area contributed by atoms with Crippen LogP contribution in [0.25, 0.3) is 0 Å². The molecule has 3 nitrogen and oxygen atoms in total. The van der Waals surface area contributed by atoms with Gasteiger partial charge in [0.1, 0.15) is 0 Å². The van der Waals surface area contributed by atoms with Crippen molar-refractivity contribution in [3.8, 4) is 0 Å². The molecular formula is C16H27NO2S. The first-order chi connectivity index (χ1) is 9.35. The number of thioether (sulfide) groups is 1. The molecule has 4 heteroatoms. The Kier molecular flexibility index (Phi) is 7.03. The standard InChI is InChI=1S/C16H27NO2S/c1-12(2)13-5-7-14(8-6-13)15(18)9-17-10-16(3,19)11-20-4/h5-8,12,15,17-19H,9-11H2,1-4H3. The van der Waals surface area contributed by atoms with Crippen molar-refractivity contribution in [2.75, 3.05) is 25.1 Å². The summed E-state index contributed by atoms with van der Waals surface area (Å²) in [4.78, 5) is 0. The molecular weight excluding hydrogens is 270 g/mol. The fraction of sp³-hybridized carbons (Fsp3) is 0.625. The van der Waals surface area contributed by atoms with Crippen molar-refractivity contribution in [1.82, 2.24) is 5.32 Å². The summed E-state index contributed by atoms with van der Waals surface area (Å²) < 4.78 is 0. The number of hydrogen-bond donors (Lipinski definition) is 3. The van der Waals surface area contributed by atoms with E-state index in [0.717, 1.165) is 5.56 Å². The second kappa shape index (κ2) is 8.03. The number of hydrogen-bond acceptors (Lipinski definition) is 4. The van der Waals surface area contributed by atoms with Gasteiger partial charge < -0.3 is 15.5 Å². The van der Waals surface area contributed by atoms with E-state index in [-0.39, 0.29) is 0 Å². The van der Waals surface area contributed by atoms with E-state index in [2.05, 4.69) is 31.3 Å². The van der Waals surface area contributed by atoms with E-state index in [4.69, 9.17) is 0 Å². The molecule has 0 aromatic heterocycles. The molecule has 0 aliphatic carbocycles. The maximum absolute atomic E-state index is 10.1. The van der Waals surface area contributed by atoms with Crippen LogP contribution >= 0.6 is 11.8 Å². The largest absolute Gasteiger partial charge is 0.388 e. The van der Waals surface area contributed by atoms with Crippen LogP contribution in [0.2, 0.25) is 0 Å². The number of rotatable bonds is 8. The molecule has 2 unspecified atom stereocenters. The molecule has 1 rings (SSSR count). The van der Waals surface area contributed by atoms with E-state index in [1.54, 1.807) is 18.7 Å². The van der Waals surface area contributed by atoms with Gasteiger partial charge in [0.15, 0.2) is 0 Å². The van der Waals surface area contributed by atoms with Gasteiger partial charge in [0.25, 0.3) is 0 Å². The van der Waals surface area contributed by atoms with Gasteiger partial charge in [-0.1, -0.05) is 38.1 Å². The molecule has 0 heterocycles. The average Bonchev–Trinajstić information content (AvgIpc) is 2.38. The summed E-state index contributed by atoms with van der Waals surface area (Å²) in [6.45, 7) is 7.04. The molecule has 3 N–H and O–H groups in total. The Balaban J connectivity index is 2.44. The van der Waals surface area contributed by atoms with Crippen LogP contribution in [0.1, 0.15) is 43.9 Å². The molecule has 0 amide bonds. The Morgan fingerprint density at radius 1 is 1.20 bits per heavy atom. The molecule has 114 valence electrons. The highest BCUT2D eigenvalue weighted by Crippen LogP contribution is 2.18. The third-order valence-corrected chi connectivity index (χ3v) is 4.20. The fourth-order valence-corrected chi connectivity index (χ4v) is 2.79. The number of benzene rings is 1. The average molecular weight is 297 g/mol. The normalized spacial score (nSPS) is 16.1. The summed E-state index contributed by atoms with van der Waals surface area (Å²) >= 11 is 1.62. The first kappa shape index (κ1) is 17.5. The Morgan fingerprint density at radius 3 is 2.25 bits per heavy atom. The maximum Gasteiger partial charge on any atom is 0.0914 e. The van der Waals surface area contributed by atoms with E-state index in [0.29, 0.717) is 24.8 Å². The van der Waals surface area contributed by atoms with E-state index in [1.165, 1.54) is 5.56 Å². The molecule has 1 aromatic rings. The molecule has 0 aliphatic rings. The lowest BCUT2D eigenvalue weighted by molar-refractivity contribution is 0.0786. The van der Waals surface area contributed by atoms with Gasteiger partial charge in [-0.25, -0.2) is 0 Å². The molecule has 0 fully saturated rings. The van der Waals surface area contributed by atoms with Gasteiger partial charge in [-0.15, -0.1) is 0 Å². The van der Waals surface area contributed by atoms with Crippen molar-refractivity contribution in [3.05, 3.63) is 35.4 Å². The minimum absolute atomic E-state index is 0.450. The van der Waals surface area contributed by atoms with Gasteiger partial charge >= 0.3 is 0 Å². The quantitative estimate of drug-likeness (QED) is 0.690. The molecule has 2 atom stereocenters. The topological polar surface area (TPSA) is 52.5 Å². The minimum atomic E-state index is -0.735. The first-order valence-corrected chi connectivity index (χ1v) is 8.45. The van der Waals surface area contributed by atoms with Crippen LogP contribution in [-0.2, 0) is 0 Å². The maximum atomic E-state index is 10.1. The van der Waals surface area contributed by atoms with Crippen LogP contribution in [0.15, 0.2) is 24.3 Å². The summed E-state index contributed by atoms with van der Waals surface area (Å²) in [6, 6.07) is 8.07. The Labute approximate surface area is 126 Å². The van der Waals surface area contributed by atoms with E-state index in [9.17, 15) is 10.2 Å². The van der Waals surface area contributed by atoms with Crippen LogP contribution in [0.3, 0.4) is 0 Å². The van der Waals surface area contributed by atoms with Crippen LogP contribution in [-0.4, -0.2) is 40.9 Å². The summed E-state index contributed by atoms with van der Waals surface area (Å²) in [7, 11) is 0. The van der Waals surface area contributed by atoms with Crippen molar-refractivity contribution in [2.24, 2.45) is 0 Å². The molecule has 0 bridgehead atoms. The van der Waals surface area contributed by atoms with Crippen molar-refractivity contribution in [3.63, 3.8) is 0 Å². The van der Waals surface area contributed by atoms with Crippen molar-refractivity contribution < 1.29 is 10.2 Å². The van der Waals surface area contributed by atoms with Crippen LogP contribution in [0, 0.1) is 0 Å². The zero-order valence-electron chi connectivity index (χ0n) is 12.9. The van der Waals surface area contributed by atoms with Crippen molar-refractivity contribution >= 4 is 11.8 Å². The highest BCUT2D eigenvalue weighted by molar-refractivity contribution is 7.98. The second-order valence-electron chi connectivity index (χ2n) is 5.90. The lowest BCUT2D eigenvalue weighted by atomic mass is 10.00. The van der Waals surface area contributed by atoms with Crippen molar-refractivity contribution in [1.29, 1.82) is 0 Å². The summed E-state index contributed by atoms with van der Waals surface area (Å²) in [5, 5.41) is 23.3. The smallest absolute Gasteiger partial charge is 0.0914 e. The van der Waals surface area contributed by atoms with E-state index in [1.807, 2.05) is 18.4 Å². The van der Waals surface area contributed by atoms with Gasteiger partial charge in [0, 0.05) is 18.8 Å². The van der Waals surface area contributed by atoms with E-state index < -0.39 is 11.7 Å². The molecule has 0 saturated heterocycles. The zero-order valence-corrected chi connectivity index (χ0v) is 13.7. The monoisotopic (exact) mass is 297 g/mol. The Morgan fingerprint density at radius 2 is 1.75 bits per heavy atom. The highest BCUT2D eigenvalue weighted by Gasteiger charge is 2.19. The first-order valence-electron chi connectivity index (χ1n) is 7.05. The highest BCUT2D eigenvalue weighted by atomic mass is 32.2. The van der Waals surface area contributed by atoms with Crippen LogP contribution in [0.4, 0.5) is 0 Å². The molecule has 0 radical (unpaired) electrons. The summed E-state index contributed by atoms with van der Waals surface area (Å²) in [5.74, 6) is 1.18. The molecule has 0 spiro atoms. The van der Waals surface area contributed by atoms with Crippen molar-refractivity contribution in [2.45, 2.75) is 38.4 Å². The summed E-state index contributed by atoms with van der Waals surface area (Å²) in [6.07, 6.45) is 1.43. The fourth-order valence-electron chi connectivity index (χ4n) is 2.06. The minimum Gasteiger partial charge on any atom is -0.388 e. The lowest BCUT2D eigenvalue weighted by Crippen LogP contribution is -2.41. The molecule has 0 saturated carbocycles. The number of nitrogens with one attached hydrogen (secondary N) is 1. The number of aliphatic hydroxyl groups is 2. The lowest BCUT2D eigenvalue weighted by Gasteiger charge is -2.23. The Bertz CT molecular complexity index is 390. The molecule has 20 heavy (non-hydrogen) atoms. The van der Waals surface area contributed by atoms with Crippen LogP contribution in [0.5, 0.6) is 0 Å². The number of aliphatic hydroxyl groups excluding tert-OH is 1. The summed E-state index contributed by atoms with van der Waals surface area (Å²) in [5.41, 5.74) is 1.45. The van der Waals surface area contributed by atoms with Crippen LogP contribution < -0.4 is 5.32 Å². The third kappa shape index (κ3) is 5.83. The van der Waals surface area contributed by atoms with Gasteiger partial charge in [0.2, 0.25) is 0 Å². The van der Waals surface area contributed by atoms with Gasteiger partial charge in [-0.05, 0) is 30.2 Å². The Hall–Kier alpha value is -0.550. The van der Waals surface area contributed by atoms with Gasteiger partial charge in [0.05, 0.1) is 11.7 Å². The third-order valence-electron chi connectivity index (χ3n) is 3.29. The second-order valence-corrected chi connectivity index (χ2v) is 6.76. The molecule has 1 aromatic carbocycles. The predicted molar refractivity (Wildman–Crippen MR) is 87.4 cm³/mol. The zero-order chi connectivity index (χ0) is 15.2. The molecule has 0 aliphatic heterocycles. The van der Waals surface area contributed by atoms with Gasteiger partial charge in [-0.2, -0.15) is 11.8 Å².